The first-order valence-electron chi connectivity index (χ1n) is 6.80. The third kappa shape index (κ3) is 2.96. The lowest BCUT2D eigenvalue weighted by atomic mass is 9.78. The zero-order valence-electron chi connectivity index (χ0n) is 12.5. The number of carboxylic acid groups (broad SMARTS) is 1. The summed E-state index contributed by atoms with van der Waals surface area (Å²) in [7, 11) is 4.65. The lowest BCUT2D eigenvalue weighted by Crippen LogP contribution is -2.23. The predicted molar refractivity (Wildman–Crippen MR) is 78.3 cm³/mol. The molecule has 0 bridgehead atoms. The van der Waals surface area contributed by atoms with Gasteiger partial charge >= 0.3 is 5.97 Å². The summed E-state index contributed by atoms with van der Waals surface area (Å²) in [5, 5.41) is 9.40. The van der Waals surface area contributed by atoms with Crippen LogP contribution in [-0.4, -0.2) is 32.4 Å². The minimum absolute atomic E-state index is 0.0961. The minimum Gasteiger partial charge on any atom is -0.493 e. The van der Waals surface area contributed by atoms with Crippen molar-refractivity contribution in [2.75, 3.05) is 21.3 Å². The van der Waals surface area contributed by atoms with Gasteiger partial charge in [-0.2, -0.15) is 0 Å². The summed E-state index contributed by atoms with van der Waals surface area (Å²) < 4.78 is 16.0. The second kappa shape index (κ2) is 6.52. The van der Waals surface area contributed by atoms with E-state index in [9.17, 15) is 9.90 Å². The molecule has 1 N–H and O–H groups in total. The van der Waals surface area contributed by atoms with Gasteiger partial charge in [0.1, 0.15) is 0 Å². The van der Waals surface area contributed by atoms with Crippen LogP contribution in [0.15, 0.2) is 24.3 Å². The summed E-state index contributed by atoms with van der Waals surface area (Å²) in [4.78, 5) is 11.4. The van der Waals surface area contributed by atoms with E-state index in [0.29, 0.717) is 30.1 Å². The van der Waals surface area contributed by atoms with E-state index in [1.807, 2.05) is 24.3 Å². The van der Waals surface area contributed by atoms with Crippen molar-refractivity contribution in [2.24, 2.45) is 5.92 Å². The maximum absolute atomic E-state index is 11.4. The molecule has 0 aliphatic heterocycles. The molecule has 2 rings (SSSR count). The summed E-state index contributed by atoms with van der Waals surface area (Å²) >= 11 is 0. The summed E-state index contributed by atoms with van der Waals surface area (Å²) in [6.45, 7) is 0. The first-order valence-corrected chi connectivity index (χ1v) is 6.80. The topological polar surface area (TPSA) is 65.0 Å². The molecular formula is C16H20O5. The van der Waals surface area contributed by atoms with Crippen LogP contribution in [0, 0.1) is 5.92 Å². The zero-order chi connectivity index (χ0) is 15.4. The third-order valence-corrected chi connectivity index (χ3v) is 3.86. The highest BCUT2D eigenvalue weighted by Gasteiger charge is 2.31. The number of carbonyl (C=O) groups is 1. The van der Waals surface area contributed by atoms with E-state index >= 15 is 0 Å². The molecule has 0 unspecified atom stereocenters. The number of hydrogen-bond donors (Lipinski definition) is 1. The molecule has 1 aromatic rings. The molecule has 0 amide bonds. The van der Waals surface area contributed by atoms with Crippen LogP contribution in [0.3, 0.4) is 0 Å². The van der Waals surface area contributed by atoms with Crippen molar-refractivity contribution in [1.82, 2.24) is 0 Å². The fourth-order valence-corrected chi connectivity index (χ4v) is 2.77. The fourth-order valence-electron chi connectivity index (χ4n) is 2.77. The van der Waals surface area contributed by atoms with Crippen molar-refractivity contribution >= 4 is 5.97 Å². The van der Waals surface area contributed by atoms with Crippen LogP contribution < -0.4 is 14.2 Å². The lowest BCUT2D eigenvalue weighted by molar-refractivity contribution is -0.142. The standard InChI is InChI=1S/C16H20O5/c1-19-13-8-10(9-14(20-2)15(13)21-3)11-6-4-5-7-12(11)16(17)18/h4-5,8-9,11-12H,6-7H2,1-3H3,(H,17,18)/t11-,12-/m1/s1. The van der Waals surface area contributed by atoms with Crippen LogP contribution in [0.1, 0.15) is 24.3 Å². The highest BCUT2D eigenvalue weighted by Crippen LogP contribution is 2.43. The maximum atomic E-state index is 11.4. The summed E-state index contributed by atoms with van der Waals surface area (Å²) in [6, 6.07) is 3.67. The number of hydrogen-bond acceptors (Lipinski definition) is 4. The Morgan fingerprint density at radius 3 is 2.10 bits per heavy atom. The quantitative estimate of drug-likeness (QED) is 0.845. The second-order valence-electron chi connectivity index (χ2n) is 4.95. The molecule has 2 atom stereocenters. The van der Waals surface area contributed by atoms with Gasteiger partial charge in [-0.3, -0.25) is 4.79 Å². The van der Waals surface area contributed by atoms with Gasteiger partial charge in [0, 0.05) is 5.92 Å². The molecule has 1 aromatic carbocycles. The van der Waals surface area contributed by atoms with E-state index in [0.717, 1.165) is 5.56 Å². The van der Waals surface area contributed by atoms with Gasteiger partial charge in [-0.15, -0.1) is 0 Å². The average molecular weight is 292 g/mol. The molecule has 0 saturated carbocycles. The average Bonchev–Trinajstić information content (AvgIpc) is 2.53. The van der Waals surface area contributed by atoms with Gasteiger partial charge in [-0.25, -0.2) is 0 Å². The van der Waals surface area contributed by atoms with Gasteiger partial charge in [0.15, 0.2) is 11.5 Å². The smallest absolute Gasteiger partial charge is 0.307 e. The van der Waals surface area contributed by atoms with Gasteiger partial charge in [0.05, 0.1) is 27.2 Å². The van der Waals surface area contributed by atoms with Crippen molar-refractivity contribution in [3.63, 3.8) is 0 Å². The molecule has 0 heterocycles. The Bertz CT molecular complexity index is 525. The van der Waals surface area contributed by atoms with E-state index < -0.39 is 11.9 Å². The van der Waals surface area contributed by atoms with Gasteiger partial charge in [0.2, 0.25) is 5.75 Å². The van der Waals surface area contributed by atoms with Crippen molar-refractivity contribution < 1.29 is 24.1 Å². The van der Waals surface area contributed by atoms with Crippen LogP contribution >= 0.6 is 0 Å². The number of benzene rings is 1. The molecule has 0 spiro atoms. The molecule has 0 aromatic heterocycles. The van der Waals surface area contributed by atoms with Gasteiger partial charge in [0.25, 0.3) is 0 Å². The summed E-state index contributed by atoms with van der Waals surface area (Å²) in [5.41, 5.74) is 0.890. The van der Waals surface area contributed by atoms with Crippen LogP contribution in [0.25, 0.3) is 0 Å². The van der Waals surface area contributed by atoms with Crippen LogP contribution in [0.2, 0.25) is 0 Å². The van der Waals surface area contributed by atoms with Crippen LogP contribution in [0.5, 0.6) is 17.2 Å². The largest absolute Gasteiger partial charge is 0.493 e. The van der Waals surface area contributed by atoms with Crippen molar-refractivity contribution in [3.05, 3.63) is 29.8 Å². The Balaban J connectivity index is 2.47. The molecule has 114 valence electrons. The lowest BCUT2D eigenvalue weighted by Gasteiger charge is -2.26. The van der Waals surface area contributed by atoms with E-state index in [1.165, 1.54) is 0 Å². The SMILES string of the molecule is COc1cc([C@H]2CC=CC[C@H]2C(=O)O)cc(OC)c1OC. The van der Waals surface area contributed by atoms with Crippen molar-refractivity contribution in [3.8, 4) is 17.2 Å². The highest BCUT2D eigenvalue weighted by atomic mass is 16.5. The fraction of sp³-hybridized carbons (Fsp3) is 0.438. The van der Waals surface area contributed by atoms with E-state index in [-0.39, 0.29) is 5.92 Å². The molecule has 0 fully saturated rings. The van der Waals surface area contributed by atoms with Crippen molar-refractivity contribution in [1.29, 1.82) is 0 Å². The minimum atomic E-state index is -0.780. The van der Waals surface area contributed by atoms with Gasteiger partial charge in [-0.05, 0) is 30.5 Å². The van der Waals surface area contributed by atoms with Gasteiger partial charge in [-0.1, -0.05) is 12.2 Å². The molecule has 0 saturated heterocycles. The van der Waals surface area contributed by atoms with E-state index in [4.69, 9.17) is 14.2 Å². The first-order chi connectivity index (χ1) is 10.1. The van der Waals surface area contributed by atoms with E-state index in [1.54, 1.807) is 21.3 Å². The predicted octanol–water partition coefficient (Wildman–Crippen LogP) is 2.85. The van der Waals surface area contributed by atoms with Gasteiger partial charge < -0.3 is 19.3 Å². The number of carboxylic acids is 1. The maximum Gasteiger partial charge on any atom is 0.307 e. The highest BCUT2D eigenvalue weighted by molar-refractivity contribution is 5.72. The number of methoxy groups -OCH3 is 3. The molecule has 21 heavy (non-hydrogen) atoms. The Kier molecular flexibility index (Phi) is 4.73. The number of aliphatic carboxylic acids is 1. The Morgan fingerprint density at radius 1 is 1.05 bits per heavy atom. The molecule has 1 aliphatic rings. The van der Waals surface area contributed by atoms with Crippen LogP contribution in [-0.2, 0) is 4.79 Å². The number of rotatable bonds is 5. The van der Waals surface area contributed by atoms with Crippen molar-refractivity contribution in [2.45, 2.75) is 18.8 Å². The zero-order valence-corrected chi connectivity index (χ0v) is 12.5. The molecule has 0 radical (unpaired) electrons. The molecule has 5 heteroatoms. The van der Waals surface area contributed by atoms with Crippen LogP contribution in [0.4, 0.5) is 0 Å². The number of ether oxygens (including phenoxy) is 3. The Labute approximate surface area is 124 Å². The molecular weight excluding hydrogens is 272 g/mol. The second-order valence-corrected chi connectivity index (χ2v) is 4.95. The normalized spacial score (nSPS) is 20.9. The summed E-state index contributed by atoms with van der Waals surface area (Å²) in [6.07, 6.45) is 5.17. The Morgan fingerprint density at radius 2 is 1.62 bits per heavy atom. The molecule has 5 nitrogen and oxygen atoms in total. The Hall–Kier alpha value is -2.17. The number of allylic oxidation sites excluding steroid dienone is 2. The third-order valence-electron chi connectivity index (χ3n) is 3.86. The summed E-state index contributed by atoms with van der Waals surface area (Å²) in [5.74, 6) is 0.301. The van der Waals surface area contributed by atoms with E-state index in [2.05, 4.69) is 0 Å². The monoisotopic (exact) mass is 292 g/mol. The molecule has 1 aliphatic carbocycles. The first kappa shape index (κ1) is 15.2.